The van der Waals surface area contributed by atoms with Crippen LogP contribution in [-0.4, -0.2) is 24.5 Å². The predicted molar refractivity (Wildman–Crippen MR) is 97.7 cm³/mol. The van der Waals surface area contributed by atoms with Gasteiger partial charge in [-0.15, -0.1) is 0 Å². The lowest BCUT2D eigenvalue weighted by molar-refractivity contribution is 0.0954. The highest BCUT2D eigenvalue weighted by atomic mass is 32.1. The van der Waals surface area contributed by atoms with E-state index in [9.17, 15) is 4.79 Å². The summed E-state index contributed by atoms with van der Waals surface area (Å²) in [6.45, 7) is 0.538. The third-order valence-corrected chi connectivity index (χ3v) is 4.25. The second-order valence-corrected chi connectivity index (χ2v) is 6.10. The Balaban J connectivity index is 1.52. The highest BCUT2D eigenvalue weighted by Gasteiger charge is 2.07. The molecule has 6 heteroatoms. The lowest BCUT2D eigenvalue weighted by Gasteiger charge is -2.09. The molecule has 0 aliphatic carbocycles. The smallest absolute Gasteiger partial charge is 0.278 e. The van der Waals surface area contributed by atoms with E-state index < -0.39 is 0 Å². The third-order valence-electron chi connectivity index (χ3n) is 3.60. The average molecular weight is 354 g/mol. The van der Waals surface area contributed by atoms with Crippen molar-refractivity contribution in [1.82, 2.24) is 10.3 Å². The highest BCUT2D eigenvalue weighted by Crippen LogP contribution is 2.23. The van der Waals surface area contributed by atoms with Gasteiger partial charge in [-0.3, -0.25) is 4.79 Å². The molecule has 128 valence electrons. The molecule has 0 saturated heterocycles. The van der Waals surface area contributed by atoms with Gasteiger partial charge in [0.2, 0.25) is 0 Å². The van der Waals surface area contributed by atoms with E-state index in [2.05, 4.69) is 10.3 Å². The molecule has 0 atom stereocenters. The summed E-state index contributed by atoms with van der Waals surface area (Å²) >= 11 is 1.42. The quantitative estimate of drug-likeness (QED) is 0.699. The fourth-order valence-electron chi connectivity index (χ4n) is 2.36. The van der Waals surface area contributed by atoms with Crippen molar-refractivity contribution in [3.63, 3.8) is 0 Å². The van der Waals surface area contributed by atoms with Crippen molar-refractivity contribution in [3.05, 3.63) is 71.2 Å². The van der Waals surface area contributed by atoms with Crippen molar-refractivity contribution in [2.75, 3.05) is 13.7 Å². The second kappa shape index (κ2) is 8.30. The summed E-state index contributed by atoms with van der Waals surface area (Å²) in [4.78, 5) is 16.3. The van der Waals surface area contributed by atoms with Gasteiger partial charge in [0, 0.05) is 23.7 Å². The summed E-state index contributed by atoms with van der Waals surface area (Å²) in [6, 6.07) is 14.8. The van der Waals surface area contributed by atoms with Gasteiger partial charge in [0.05, 0.1) is 7.11 Å². The van der Waals surface area contributed by atoms with Crippen LogP contribution >= 0.6 is 11.3 Å². The number of para-hydroxylation sites is 1. The van der Waals surface area contributed by atoms with Crippen LogP contribution in [0, 0.1) is 0 Å². The molecular weight excluding hydrogens is 336 g/mol. The number of rotatable bonds is 7. The number of ether oxygens (including phenoxy) is 2. The zero-order valence-corrected chi connectivity index (χ0v) is 14.6. The molecule has 2 aromatic carbocycles. The fourth-order valence-corrected chi connectivity index (χ4v) is 2.86. The standard InChI is InChI=1S/C19H18N2O3S/c1-23-17-5-3-2-4-14(17)10-11-20-18(22)15-6-8-16(9-7-15)24-19-21-12-13-25-19/h2-9,12-13H,10-11H2,1H3,(H,20,22). The Morgan fingerprint density at radius 3 is 2.68 bits per heavy atom. The van der Waals surface area contributed by atoms with E-state index in [1.807, 2.05) is 29.6 Å². The Labute approximate surface area is 150 Å². The Morgan fingerprint density at radius 1 is 1.16 bits per heavy atom. The molecule has 0 aliphatic rings. The number of aromatic nitrogens is 1. The molecule has 0 bridgehead atoms. The molecule has 0 fully saturated rings. The molecule has 1 amide bonds. The molecule has 0 spiro atoms. The predicted octanol–water partition coefficient (Wildman–Crippen LogP) is 3.92. The summed E-state index contributed by atoms with van der Waals surface area (Å²) in [6.07, 6.45) is 2.39. The number of benzene rings is 2. The monoisotopic (exact) mass is 354 g/mol. The molecule has 0 unspecified atom stereocenters. The van der Waals surface area contributed by atoms with Gasteiger partial charge >= 0.3 is 0 Å². The first-order valence-electron chi connectivity index (χ1n) is 7.84. The van der Waals surface area contributed by atoms with Crippen LogP contribution in [-0.2, 0) is 6.42 Å². The fraction of sp³-hybridized carbons (Fsp3) is 0.158. The van der Waals surface area contributed by atoms with Crippen LogP contribution in [0.3, 0.4) is 0 Å². The van der Waals surface area contributed by atoms with Crippen molar-refractivity contribution in [1.29, 1.82) is 0 Å². The summed E-state index contributed by atoms with van der Waals surface area (Å²) < 4.78 is 10.9. The molecule has 0 saturated carbocycles. The van der Waals surface area contributed by atoms with Crippen LogP contribution < -0.4 is 14.8 Å². The number of amides is 1. The SMILES string of the molecule is COc1ccccc1CCNC(=O)c1ccc(Oc2nccs2)cc1. The van der Waals surface area contributed by atoms with Crippen LogP contribution in [0.4, 0.5) is 0 Å². The first-order chi connectivity index (χ1) is 12.3. The Kier molecular flexibility index (Phi) is 5.64. The molecule has 3 aromatic rings. The minimum Gasteiger partial charge on any atom is -0.496 e. The summed E-state index contributed by atoms with van der Waals surface area (Å²) in [5.41, 5.74) is 1.66. The number of nitrogens with one attached hydrogen (secondary N) is 1. The van der Waals surface area contributed by atoms with Crippen LogP contribution in [0.2, 0.25) is 0 Å². The van der Waals surface area contributed by atoms with Crippen molar-refractivity contribution in [3.8, 4) is 16.7 Å². The van der Waals surface area contributed by atoms with E-state index in [1.165, 1.54) is 11.3 Å². The average Bonchev–Trinajstić information content (AvgIpc) is 3.15. The van der Waals surface area contributed by atoms with E-state index >= 15 is 0 Å². The van der Waals surface area contributed by atoms with Gasteiger partial charge in [-0.2, -0.15) is 0 Å². The zero-order chi connectivity index (χ0) is 17.5. The van der Waals surface area contributed by atoms with E-state index in [0.717, 1.165) is 11.3 Å². The van der Waals surface area contributed by atoms with Crippen molar-refractivity contribution >= 4 is 17.2 Å². The lowest BCUT2D eigenvalue weighted by Crippen LogP contribution is -2.25. The van der Waals surface area contributed by atoms with E-state index in [0.29, 0.717) is 29.5 Å². The lowest BCUT2D eigenvalue weighted by atomic mass is 10.1. The van der Waals surface area contributed by atoms with Gasteiger partial charge < -0.3 is 14.8 Å². The van der Waals surface area contributed by atoms with Crippen molar-refractivity contribution in [2.45, 2.75) is 6.42 Å². The van der Waals surface area contributed by atoms with Gasteiger partial charge in [-0.05, 0) is 42.3 Å². The highest BCUT2D eigenvalue weighted by molar-refractivity contribution is 7.11. The van der Waals surface area contributed by atoms with Gasteiger partial charge in [0.25, 0.3) is 11.1 Å². The molecule has 25 heavy (non-hydrogen) atoms. The Morgan fingerprint density at radius 2 is 1.96 bits per heavy atom. The van der Waals surface area contributed by atoms with Gasteiger partial charge in [-0.25, -0.2) is 4.98 Å². The molecule has 0 aliphatic heterocycles. The molecular formula is C19H18N2O3S. The summed E-state index contributed by atoms with van der Waals surface area (Å²) in [7, 11) is 1.65. The normalized spacial score (nSPS) is 10.3. The number of carbonyl (C=O) groups is 1. The van der Waals surface area contributed by atoms with Gasteiger partial charge in [0.1, 0.15) is 11.5 Å². The third kappa shape index (κ3) is 4.58. The number of nitrogens with zero attached hydrogens (tertiary/aromatic N) is 1. The molecule has 1 aromatic heterocycles. The van der Waals surface area contributed by atoms with Crippen LogP contribution in [0.5, 0.6) is 16.7 Å². The van der Waals surface area contributed by atoms with Crippen LogP contribution in [0.15, 0.2) is 60.1 Å². The Bertz CT molecular complexity index is 817. The molecule has 3 rings (SSSR count). The number of thiazole rings is 1. The topological polar surface area (TPSA) is 60.5 Å². The largest absolute Gasteiger partial charge is 0.496 e. The maximum absolute atomic E-state index is 12.2. The second-order valence-electron chi connectivity index (χ2n) is 5.24. The minimum absolute atomic E-state index is 0.115. The summed E-state index contributed by atoms with van der Waals surface area (Å²) in [5, 5.41) is 5.34. The minimum atomic E-state index is -0.115. The molecule has 5 nitrogen and oxygen atoms in total. The summed E-state index contributed by atoms with van der Waals surface area (Å²) in [5.74, 6) is 1.37. The first kappa shape index (κ1) is 17.0. The van der Waals surface area contributed by atoms with Crippen molar-refractivity contribution in [2.24, 2.45) is 0 Å². The van der Waals surface area contributed by atoms with Crippen LogP contribution in [0.25, 0.3) is 0 Å². The number of carbonyl (C=O) groups excluding carboxylic acids is 1. The van der Waals surface area contributed by atoms with Gasteiger partial charge in [0.15, 0.2) is 0 Å². The van der Waals surface area contributed by atoms with Crippen LogP contribution in [0.1, 0.15) is 15.9 Å². The molecule has 1 N–H and O–H groups in total. The Hall–Kier alpha value is -2.86. The molecule has 0 radical (unpaired) electrons. The number of hydrogen-bond donors (Lipinski definition) is 1. The maximum atomic E-state index is 12.2. The van der Waals surface area contributed by atoms with Gasteiger partial charge in [-0.1, -0.05) is 29.5 Å². The number of hydrogen-bond acceptors (Lipinski definition) is 5. The zero-order valence-electron chi connectivity index (χ0n) is 13.8. The maximum Gasteiger partial charge on any atom is 0.278 e. The van der Waals surface area contributed by atoms with E-state index in [-0.39, 0.29) is 5.91 Å². The molecule has 1 heterocycles. The first-order valence-corrected chi connectivity index (χ1v) is 8.72. The van der Waals surface area contributed by atoms with Crippen molar-refractivity contribution < 1.29 is 14.3 Å². The van der Waals surface area contributed by atoms with E-state index in [4.69, 9.17) is 9.47 Å². The number of methoxy groups -OCH3 is 1. The van der Waals surface area contributed by atoms with E-state index in [1.54, 1.807) is 37.6 Å².